The second-order valence-electron chi connectivity index (χ2n) is 5.45. The molecule has 5 nitrogen and oxygen atoms in total. The summed E-state index contributed by atoms with van der Waals surface area (Å²) in [5, 5.41) is 14.0. The molecule has 0 aromatic heterocycles. The third-order valence-electron chi connectivity index (χ3n) is 3.62. The number of nitro benzene ring substituents is 1. The average molecular weight is 279 g/mol. The molecule has 20 heavy (non-hydrogen) atoms. The van der Waals surface area contributed by atoms with Crippen LogP contribution in [0.1, 0.15) is 38.8 Å². The van der Waals surface area contributed by atoms with Gasteiger partial charge in [-0.15, -0.1) is 0 Å². The van der Waals surface area contributed by atoms with Gasteiger partial charge in [0, 0.05) is 24.2 Å². The SMILES string of the molecule is CC(NCCCN(C)C(C)C)c1ccc([N+](=O)[O-])cc1. The molecule has 0 aliphatic carbocycles. The van der Waals surface area contributed by atoms with Crippen LogP contribution in [-0.2, 0) is 0 Å². The molecule has 0 spiro atoms. The summed E-state index contributed by atoms with van der Waals surface area (Å²) in [7, 11) is 2.13. The molecule has 0 radical (unpaired) electrons. The molecule has 0 heterocycles. The van der Waals surface area contributed by atoms with Crippen molar-refractivity contribution in [2.45, 2.75) is 39.3 Å². The minimum Gasteiger partial charge on any atom is -0.310 e. The standard InChI is InChI=1S/C15H25N3O2/c1-12(2)17(4)11-5-10-16-13(3)14-6-8-15(9-7-14)18(19)20/h6-9,12-13,16H,5,10-11H2,1-4H3. The normalized spacial score (nSPS) is 12.9. The number of hydrogen-bond acceptors (Lipinski definition) is 4. The molecule has 5 heteroatoms. The van der Waals surface area contributed by atoms with Crippen LogP contribution in [0.2, 0.25) is 0 Å². The van der Waals surface area contributed by atoms with Crippen LogP contribution >= 0.6 is 0 Å². The summed E-state index contributed by atoms with van der Waals surface area (Å²) in [5.74, 6) is 0. The van der Waals surface area contributed by atoms with Crippen molar-refractivity contribution in [1.82, 2.24) is 10.2 Å². The Morgan fingerprint density at radius 2 is 1.85 bits per heavy atom. The number of nitrogens with one attached hydrogen (secondary N) is 1. The zero-order valence-corrected chi connectivity index (χ0v) is 12.8. The lowest BCUT2D eigenvalue weighted by molar-refractivity contribution is -0.384. The number of nitrogens with zero attached hydrogens (tertiary/aromatic N) is 2. The van der Waals surface area contributed by atoms with Crippen LogP contribution in [0.4, 0.5) is 5.69 Å². The summed E-state index contributed by atoms with van der Waals surface area (Å²) in [6, 6.07) is 7.52. The van der Waals surface area contributed by atoms with Gasteiger partial charge in [0.05, 0.1) is 4.92 Å². The van der Waals surface area contributed by atoms with E-state index in [9.17, 15) is 10.1 Å². The Balaban J connectivity index is 2.35. The topological polar surface area (TPSA) is 58.4 Å². The van der Waals surface area contributed by atoms with Crippen LogP contribution in [0.5, 0.6) is 0 Å². The van der Waals surface area contributed by atoms with Crippen molar-refractivity contribution in [1.29, 1.82) is 0 Å². The first-order valence-electron chi connectivity index (χ1n) is 7.09. The predicted octanol–water partition coefficient (Wildman–Crippen LogP) is 2.98. The van der Waals surface area contributed by atoms with Crippen molar-refractivity contribution in [2.75, 3.05) is 20.1 Å². The van der Waals surface area contributed by atoms with Gasteiger partial charge in [0.1, 0.15) is 0 Å². The first-order valence-corrected chi connectivity index (χ1v) is 7.09. The van der Waals surface area contributed by atoms with Gasteiger partial charge in [-0.3, -0.25) is 10.1 Å². The van der Waals surface area contributed by atoms with Crippen molar-refractivity contribution in [3.05, 3.63) is 39.9 Å². The van der Waals surface area contributed by atoms with Crippen molar-refractivity contribution < 1.29 is 4.92 Å². The van der Waals surface area contributed by atoms with E-state index in [1.807, 2.05) is 12.1 Å². The zero-order chi connectivity index (χ0) is 15.1. The van der Waals surface area contributed by atoms with Crippen molar-refractivity contribution >= 4 is 5.69 Å². The molecule has 0 saturated heterocycles. The monoisotopic (exact) mass is 279 g/mol. The maximum atomic E-state index is 10.6. The molecule has 0 saturated carbocycles. The van der Waals surface area contributed by atoms with Crippen molar-refractivity contribution in [2.24, 2.45) is 0 Å². The van der Waals surface area contributed by atoms with Crippen LogP contribution in [0, 0.1) is 10.1 Å². The lowest BCUT2D eigenvalue weighted by atomic mass is 10.1. The Morgan fingerprint density at radius 3 is 2.35 bits per heavy atom. The Morgan fingerprint density at radius 1 is 1.25 bits per heavy atom. The van der Waals surface area contributed by atoms with E-state index in [0.717, 1.165) is 25.1 Å². The van der Waals surface area contributed by atoms with Gasteiger partial charge in [-0.25, -0.2) is 0 Å². The van der Waals surface area contributed by atoms with Gasteiger partial charge >= 0.3 is 0 Å². The van der Waals surface area contributed by atoms with Gasteiger partial charge in [0.2, 0.25) is 0 Å². The number of hydrogen-bond donors (Lipinski definition) is 1. The van der Waals surface area contributed by atoms with Crippen LogP contribution in [-0.4, -0.2) is 36.0 Å². The third-order valence-corrected chi connectivity index (χ3v) is 3.62. The van der Waals surface area contributed by atoms with E-state index in [1.165, 1.54) is 0 Å². The predicted molar refractivity (Wildman–Crippen MR) is 81.9 cm³/mol. The minimum atomic E-state index is -0.371. The number of rotatable bonds is 8. The van der Waals surface area contributed by atoms with E-state index in [0.29, 0.717) is 6.04 Å². The first kappa shape index (κ1) is 16.6. The highest BCUT2D eigenvalue weighted by atomic mass is 16.6. The second kappa shape index (κ2) is 7.97. The van der Waals surface area contributed by atoms with Crippen LogP contribution < -0.4 is 5.32 Å². The molecular weight excluding hydrogens is 254 g/mol. The minimum absolute atomic E-state index is 0.138. The highest BCUT2D eigenvalue weighted by Gasteiger charge is 2.08. The van der Waals surface area contributed by atoms with Gasteiger partial charge in [0.15, 0.2) is 0 Å². The number of non-ortho nitro benzene ring substituents is 1. The fourth-order valence-corrected chi connectivity index (χ4v) is 1.91. The zero-order valence-electron chi connectivity index (χ0n) is 12.8. The van der Waals surface area contributed by atoms with Gasteiger partial charge in [-0.1, -0.05) is 12.1 Å². The second-order valence-corrected chi connectivity index (χ2v) is 5.45. The van der Waals surface area contributed by atoms with Gasteiger partial charge in [-0.2, -0.15) is 0 Å². The Labute approximate surface area is 121 Å². The molecule has 1 aromatic rings. The molecule has 0 aliphatic heterocycles. The first-order chi connectivity index (χ1) is 9.41. The van der Waals surface area contributed by atoms with Crippen LogP contribution in [0.3, 0.4) is 0 Å². The molecule has 0 fully saturated rings. The van der Waals surface area contributed by atoms with Gasteiger partial charge in [0.25, 0.3) is 5.69 Å². The summed E-state index contributed by atoms with van der Waals surface area (Å²) in [6.45, 7) is 8.46. The van der Waals surface area contributed by atoms with E-state index in [1.54, 1.807) is 12.1 Å². The quantitative estimate of drug-likeness (QED) is 0.451. The summed E-state index contributed by atoms with van der Waals surface area (Å²) in [6.07, 6.45) is 1.09. The molecule has 1 aromatic carbocycles. The lowest BCUT2D eigenvalue weighted by Gasteiger charge is -2.21. The fraction of sp³-hybridized carbons (Fsp3) is 0.600. The number of benzene rings is 1. The molecule has 1 N–H and O–H groups in total. The third kappa shape index (κ3) is 5.27. The molecule has 1 rings (SSSR count). The summed E-state index contributed by atoms with van der Waals surface area (Å²) >= 11 is 0. The Hall–Kier alpha value is -1.46. The van der Waals surface area contributed by atoms with E-state index in [2.05, 4.69) is 38.0 Å². The van der Waals surface area contributed by atoms with Crippen LogP contribution in [0.15, 0.2) is 24.3 Å². The fourth-order valence-electron chi connectivity index (χ4n) is 1.91. The van der Waals surface area contributed by atoms with Crippen molar-refractivity contribution in [3.63, 3.8) is 0 Å². The summed E-state index contributed by atoms with van der Waals surface area (Å²) in [4.78, 5) is 12.5. The molecule has 0 amide bonds. The lowest BCUT2D eigenvalue weighted by Crippen LogP contribution is -2.30. The Bertz CT molecular complexity index is 418. The summed E-state index contributed by atoms with van der Waals surface area (Å²) in [5.41, 5.74) is 1.22. The highest BCUT2D eigenvalue weighted by Crippen LogP contribution is 2.17. The molecule has 0 bridgehead atoms. The molecule has 112 valence electrons. The average Bonchev–Trinajstić information content (AvgIpc) is 2.43. The van der Waals surface area contributed by atoms with Crippen molar-refractivity contribution in [3.8, 4) is 0 Å². The summed E-state index contributed by atoms with van der Waals surface area (Å²) < 4.78 is 0. The smallest absolute Gasteiger partial charge is 0.269 e. The maximum absolute atomic E-state index is 10.6. The molecule has 1 atom stereocenters. The molecule has 1 unspecified atom stereocenters. The highest BCUT2D eigenvalue weighted by molar-refractivity contribution is 5.33. The van der Waals surface area contributed by atoms with Gasteiger partial charge in [-0.05, 0) is 52.9 Å². The Kier molecular flexibility index (Phi) is 6.61. The van der Waals surface area contributed by atoms with E-state index >= 15 is 0 Å². The maximum Gasteiger partial charge on any atom is 0.269 e. The van der Waals surface area contributed by atoms with Crippen LogP contribution in [0.25, 0.3) is 0 Å². The van der Waals surface area contributed by atoms with Gasteiger partial charge < -0.3 is 10.2 Å². The van der Waals surface area contributed by atoms with E-state index in [-0.39, 0.29) is 16.7 Å². The van der Waals surface area contributed by atoms with E-state index < -0.39 is 0 Å². The largest absolute Gasteiger partial charge is 0.310 e. The molecule has 0 aliphatic rings. The molecular formula is C15H25N3O2. The number of nitro groups is 1. The van der Waals surface area contributed by atoms with E-state index in [4.69, 9.17) is 0 Å².